The van der Waals surface area contributed by atoms with Crippen LogP contribution in [0.15, 0.2) is 70.7 Å². The lowest BCUT2D eigenvalue weighted by Crippen LogP contribution is -2.13. The summed E-state index contributed by atoms with van der Waals surface area (Å²) in [5.74, 6) is -0.557. The molecule has 0 aliphatic carbocycles. The molecule has 0 fully saturated rings. The first-order valence-electron chi connectivity index (χ1n) is 7.99. The average Bonchev–Trinajstić information content (AvgIpc) is 3.15. The summed E-state index contributed by atoms with van der Waals surface area (Å²) in [6, 6.07) is 16.0. The molecular weight excluding hydrogens is 365 g/mol. The van der Waals surface area contributed by atoms with Crippen LogP contribution in [0.5, 0.6) is 0 Å². The average molecular weight is 377 g/mol. The number of carbonyl (C=O) groups excluding carboxylic acids is 1. The van der Waals surface area contributed by atoms with Crippen LogP contribution in [0.2, 0.25) is 0 Å². The highest BCUT2D eigenvalue weighted by Gasteiger charge is 2.13. The smallest absolute Gasteiger partial charge is 0.271 e. The topological polar surface area (TPSA) is 109 Å². The van der Waals surface area contributed by atoms with Crippen LogP contribution in [0.3, 0.4) is 0 Å². The molecule has 3 rings (SSSR count). The van der Waals surface area contributed by atoms with E-state index in [-0.39, 0.29) is 22.7 Å². The van der Waals surface area contributed by atoms with Gasteiger partial charge >= 0.3 is 0 Å². The number of nitrogens with zero attached hydrogens (tertiary/aromatic N) is 2. The maximum absolute atomic E-state index is 13.3. The normalized spacial score (nSPS) is 10.9. The van der Waals surface area contributed by atoms with Crippen LogP contribution in [-0.2, 0) is 4.79 Å². The first kappa shape index (κ1) is 18.5. The predicted molar refractivity (Wildman–Crippen MR) is 99.4 cm³/mol. The summed E-state index contributed by atoms with van der Waals surface area (Å²) in [5.41, 5.74) is 0.247. The molecular formula is C20H12FN3O4. The molecule has 138 valence electrons. The molecule has 0 atom stereocenters. The number of halogens is 1. The van der Waals surface area contributed by atoms with Crippen molar-refractivity contribution >= 4 is 23.4 Å². The molecule has 28 heavy (non-hydrogen) atoms. The molecule has 1 N–H and O–H groups in total. The Morgan fingerprint density at radius 1 is 1.18 bits per heavy atom. The Kier molecular flexibility index (Phi) is 5.28. The second-order valence-corrected chi connectivity index (χ2v) is 5.64. The highest BCUT2D eigenvalue weighted by molar-refractivity contribution is 6.09. The van der Waals surface area contributed by atoms with E-state index in [1.807, 2.05) is 0 Å². The van der Waals surface area contributed by atoms with Gasteiger partial charge in [0.05, 0.1) is 4.92 Å². The molecule has 0 aliphatic rings. The Bertz CT molecular complexity index is 1130. The van der Waals surface area contributed by atoms with E-state index in [4.69, 9.17) is 4.42 Å². The number of non-ortho nitro benzene ring substituents is 1. The Morgan fingerprint density at radius 2 is 1.96 bits per heavy atom. The molecule has 0 unspecified atom stereocenters. The molecule has 0 spiro atoms. The van der Waals surface area contributed by atoms with Crippen molar-refractivity contribution in [2.24, 2.45) is 0 Å². The minimum Gasteiger partial charge on any atom is -0.457 e. The van der Waals surface area contributed by atoms with E-state index in [2.05, 4.69) is 5.32 Å². The van der Waals surface area contributed by atoms with Crippen LogP contribution in [0.25, 0.3) is 17.4 Å². The van der Waals surface area contributed by atoms with Gasteiger partial charge in [0.25, 0.3) is 11.6 Å². The second kappa shape index (κ2) is 7.97. The van der Waals surface area contributed by atoms with E-state index < -0.39 is 16.6 Å². The number of carbonyl (C=O) groups is 1. The number of furan rings is 1. The molecule has 8 heteroatoms. The summed E-state index contributed by atoms with van der Waals surface area (Å²) >= 11 is 0. The minimum atomic E-state index is -0.744. The van der Waals surface area contributed by atoms with Crippen molar-refractivity contribution in [2.45, 2.75) is 0 Å². The van der Waals surface area contributed by atoms with Crippen LogP contribution in [0.1, 0.15) is 5.76 Å². The molecule has 0 bridgehead atoms. The van der Waals surface area contributed by atoms with Gasteiger partial charge in [-0.1, -0.05) is 18.2 Å². The second-order valence-electron chi connectivity index (χ2n) is 5.64. The van der Waals surface area contributed by atoms with Gasteiger partial charge in [0.2, 0.25) is 0 Å². The third kappa shape index (κ3) is 4.28. The Balaban J connectivity index is 1.80. The summed E-state index contributed by atoms with van der Waals surface area (Å²) in [6.07, 6.45) is 1.23. The van der Waals surface area contributed by atoms with Crippen LogP contribution < -0.4 is 5.32 Å². The number of rotatable bonds is 5. The van der Waals surface area contributed by atoms with Crippen LogP contribution in [-0.4, -0.2) is 10.8 Å². The lowest BCUT2D eigenvalue weighted by molar-refractivity contribution is -0.384. The van der Waals surface area contributed by atoms with Crippen molar-refractivity contribution in [2.75, 3.05) is 5.32 Å². The molecule has 1 amide bonds. The number of anilines is 1. The summed E-state index contributed by atoms with van der Waals surface area (Å²) in [5, 5.41) is 22.5. The fourth-order valence-electron chi connectivity index (χ4n) is 2.41. The van der Waals surface area contributed by atoms with E-state index in [0.29, 0.717) is 11.3 Å². The number of hydrogen-bond donors (Lipinski definition) is 1. The molecule has 1 heterocycles. The third-order valence-electron chi connectivity index (χ3n) is 3.70. The quantitative estimate of drug-likeness (QED) is 0.304. The summed E-state index contributed by atoms with van der Waals surface area (Å²) < 4.78 is 18.9. The molecule has 0 aliphatic heterocycles. The van der Waals surface area contributed by atoms with Gasteiger partial charge in [-0.05, 0) is 30.3 Å². The van der Waals surface area contributed by atoms with Gasteiger partial charge in [0.15, 0.2) is 0 Å². The van der Waals surface area contributed by atoms with Crippen LogP contribution >= 0.6 is 0 Å². The van der Waals surface area contributed by atoms with E-state index >= 15 is 0 Å². The van der Waals surface area contributed by atoms with Gasteiger partial charge in [-0.15, -0.1) is 0 Å². The number of nitrogens with one attached hydrogen (secondary N) is 1. The molecule has 2 aromatic carbocycles. The third-order valence-corrected chi connectivity index (χ3v) is 3.70. The van der Waals surface area contributed by atoms with Crippen molar-refractivity contribution < 1.29 is 18.5 Å². The minimum absolute atomic E-state index is 0.181. The van der Waals surface area contributed by atoms with Crippen molar-refractivity contribution in [1.29, 1.82) is 5.26 Å². The van der Waals surface area contributed by atoms with Crippen molar-refractivity contribution in [3.8, 4) is 17.4 Å². The van der Waals surface area contributed by atoms with Crippen LogP contribution in [0, 0.1) is 27.3 Å². The van der Waals surface area contributed by atoms with Gasteiger partial charge < -0.3 is 9.73 Å². The van der Waals surface area contributed by atoms with E-state index in [0.717, 1.165) is 0 Å². The zero-order valence-electron chi connectivity index (χ0n) is 14.3. The number of nitro benzene ring substituents is 1. The zero-order chi connectivity index (χ0) is 20.1. The maximum Gasteiger partial charge on any atom is 0.271 e. The summed E-state index contributed by atoms with van der Waals surface area (Å²) in [6.45, 7) is 0. The lowest BCUT2D eigenvalue weighted by Gasteiger charge is -2.03. The largest absolute Gasteiger partial charge is 0.457 e. The van der Waals surface area contributed by atoms with Crippen molar-refractivity contribution in [3.05, 3.63) is 87.9 Å². The molecule has 3 aromatic rings. The molecule has 0 saturated carbocycles. The van der Waals surface area contributed by atoms with Crippen LogP contribution in [0.4, 0.5) is 15.8 Å². The van der Waals surface area contributed by atoms with Gasteiger partial charge in [-0.3, -0.25) is 14.9 Å². The Hall–Kier alpha value is -4.25. The maximum atomic E-state index is 13.3. The van der Waals surface area contributed by atoms with Gasteiger partial charge in [0.1, 0.15) is 29.0 Å². The first-order valence-corrected chi connectivity index (χ1v) is 7.99. The highest BCUT2D eigenvalue weighted by atomic mass is 19.1. The number of nitriles is 1. The number of benzene rings is 2. The van der Waals surface area contributed by atoms with Gasteiger partial charge in [0, 0.05) is 29.5 Å². The summed E-state index contributed by atoms with van der Waals surface area (Å²) in [7, 11) is 0. The lowest BCUT2D eigenvalue weighted by atomic mass is 10.2. The molecule has 0 radical (unpaired) electrons. The van der Waals surface area contributed by atoms with E-state index in [1.165, 1.54) is 54.6 Å². The number of hydrogen-bond acceptors (Lipinski definition) is 5. The number of amides is 1. The number of nitro groups is 1. The summed E-state index contributed by atoms with van der Waals surface area (Å²) in [4.78, 5) is 22.5. The highest BCUT2D eigenvalue weighted by Crippen LogP contribution is 2.24. The standard InChI is InChI=1S/C20H12FN3O4/c21-15-4-1-3-13(9-15)19-8-7-18(28-19)10-14(12-22)20(25)23-16-5-2-6-17(11-16)24(26)27/h1-11H,(H,23,25)/b14-10+. The van der Waals surface area contributed by atoms with E-state index in [9.17, 15) is 24.6 Å². The predicted octanol–water partition coefficient (Wildman–Crippen LogP) is 4.54. The molecule has 7 nitrogen and oxygen atoms in total. The fourth-order valence-corrected chi connectivity index (χ4v) is 2.41. The Morgan fingerprint density at radius 3 is 2.68 bits per heavy atom. The fraction of sp³-hybridized carbons (Fsp3) is 0. The van der Waals surface area contributed by atoms with E-state index in [1.54, 1.807) is 18.2 Å². The zero-order valence-corrected chi connectivity index (χ0v) is 14.3. The van der Waals surface area contributed by atoms with Gasteiger partial charge in [-0.25, -0.2) is 4.39 Å². The van der Waals surface area contributed by atoms with Crippen molar-refractivity contribution in [1.82, 2.24) is 0 Å². The Labute approximate surface area is 158 Å². The molecule has 0 saturated heterocycles. The monoisotopic (exact) mass is 377 g/mol. The molecule has 1 aromatic heterocycles. The first-order chi connectivity index (χ1) is 13.5. The van der Waals surface area contributed by atoms with Gasteiger partial charge in [-0.2, -0.15) is 5.26 Å². The van der Waals surface area contributed by atoms with Crippen molar-refractivity contribution in [3.63, 3.8) is 0 Å². The SMILES string of the molecule is N#C/C(=C\c1ccc(-c2cccc(F)c2)o1)C(=O)Nc1cccc([N+](=O)[O-])c1.